The summed E-state index contributed by atoms with van der Waals surface area (Å²) in [4.78, 5) is 5.41. The molecule has 338 valence electrons. The number of benzene rings is 11. The van der Waals surface area contributed by atoms with E-state index in [4.69, 9.17) is 0 Å². The zero-order chi connectivity index (χ0) is 47.7. The number of aromatic nitrogens is 4. The summed E-state index contributed by atoms with van der Waals surface area (Å²) in [6, 6.07) is 82.8. The number of fused-ring (bicyclic) bond motifs is 22. The molecule has 4 aromatic heterocycles. The van der Waals surface area contributed by atoms with E-state index in [1.165, 1.54) is 162 Å². The summed E-state index contributed by atoms with van der Waals surface area (Å²) in [5.41, 5.74) is 23.5. The van der Waals surface area contributed by atoms with Crippen LogP contribution in [-0.2, 0) is 0 Å². The first-order valence-electron chi connectivity index (χ1n) is 25.7. The molecule has 4 aliphatic rings. The highest BCUT2D eigenvalue weighted by Crippen LogP contribution is 2.47. The van der Waals surface area contributed by atoms with Gasteiger partial charge in [-0.15, -0.1) is 0 Å². The Morgan fingerprint density at radius 2 is 0.703 bits per heavy atom. The normalized spacial score (nSPS) is 13.8. The highest BCUT2D eigenvalue weighted by Gasteiger charge is 2.44. The molecule has 0 spiro atoms. The molecule has 0 radical (unpaired) electrons. The van der Waals surface area contributed by atoms with E-state index < -0.39 is 0 Å². The summed E-state index contributed by atoms with van der Waals surface area (Å²) in [6.45, 7) is 0.138. The van der Waals surface area contributed by atoms with E-state index in [1.54, 1.807) is 0 Å². The fourth-order valence-electron chi connectivity index (χ4n) is 14.6. The molecule has 0 unspecified atom stereocenters. The Bertz CT molecular complexity index is 4790. The molecule has 0 saturated carbocycles. The Morgan fingerprint density at radius 1 is 0.270 bits per heavy atom. The first-order chi connectivity index (χ1) is 36.8. The van der Waals surface area contributed by atoms with Crippen LogP contribution in [0, 0.1) is 0 Å². The molecular weight excluding hydrogens is 935 g/mol. The van der Waals surface area contributed by atoms with Crippen molar-refractivity contribution in [3.8, 4) is 22.7 Å². The molecule has 4 aliphatic heterocycles. The minimum absolute atomic E-state index is 0.0689. The molecule has 15 aromatic rings. The van der Waals surface area contributed by atoms with Crippen molar-refractivity contribution in [2.24, 2.45) is 0 Å². The summed E-state index contributed by atoms with van der Waals surface area (Å²) in [7, 11) is 0. The van der Waals surface area contributed by atoms with Crippen molar-refractivity contribution < 1.29 is 0 Å². The molecule has 0 N–H and O–H groups in total. The predicted molar refractivity (Wildman–Crippen MR) is 314 cm³/mol. The lowest BCUT2D eigenvalue weighted by atomic mass is 9.32. The molecule has 8 heteroatoms. The quantitative estimate of drug-likeness (QED) is 0.161. The smallest absolute Gasteiger partial charge is 0.249 e. The molecule has 8 heterocycles. The maximum atomic E-state index is 2.66. The van der Waals surface area contributed by atoms with Gasteiger partial charge in [-0.1, -0.05) is 174 Å². The van der Waals surface area contributed by atoms with Crippen molar-refractivity contribution in [1.82, 2.24) is 18.3 Å². The second-order valence-corrected chi connectivity index (χ2v) is 22.8. The third-order valence-electron chi connectivity index (χ3n) is 17.2. The molecule has 0 fully saturated rings. The van der Waals surface area contributed by atoms with Gasteiger partial charge in [0.25, 0.3) is 0 Å². The van der Waals surface area contributed by atoms with Gasteiger partial charge < -0.3 is 18.3 Å². The predicted octanol–water partition coefficient (Wildman–Crippen LogP) is 12.7. The Hall–Kier alpha value is -8.55. The second kappa shape index (κ2) is 13.7. The molecule has 74 heavy (non-hydrogen) atoms. The Balaban J connectivity index is 0.877. The van der Waals surface area contributed by atoms with Crippen molar-refractivity contribution in [1.29, 1.82) is 0 Å². The van der Waals surface area contributed by atoms with Crippen molar-refractivity contribution >= 4 is 157 Å². The van der Waals surface area contributed by atoms with Crippen LogP contribution < -0.4 is 32.8 Å². The molecule has 4 nitrogen and oxygen atoms in total. The van der Waals surface area contributed by atoms with Crippen molar-refractivity contribution in [3.63, 3.8) is 0 Å². The van der Waals surface area contributed by atoms with Gasteiger partial charge in [-0.3, -0.25) is 0 Å². The summed E-state index contributed by atoms with van der Waals surface area (Å²) in [5.74, 6) is 0. The van der Waals surface area contributed by atoms with Crippen molar-refractivity contribution in [2.45, 2.75) is 19.6 Å². The van der Waals surface area contributed by atoms with E-state index in [9.17, 15) is 0 Å². The molecule has 0 aliphatic carbocycles. The van der Waals surface area contributed by atoms with E-state index in [0.717, 1.165) is 0 Å². The summed E-state index contributed by atoms with van der Waals surface area (Å²) in [5, 5.41) is 10.3. The maximum absolute atomic E-state index is 2.66. The van der Waals surface area contributed by atoms with E-state index >= 15 is 0 Å². The van der Waals surface area contributed by atoms with Gasteiger partial charge in [0, 0.05) is 96.5 Å². The van der Waals surface area contributed by atoms with Gasteiger partial charge in [-0.25, -0.2) is 0 Å². The number of nitrogens with zero attached hydrogens (tertiary/aromatic N) is 4. The van der Waals surface area contributed by atoms with Gasteiger partial charge >= 0.3 is 0 Å². The van der Waals surface area contributed by atoms with E-state index in [2.05, 4.69) is 237 Å². The van der Waals surface area contributed by atoms with E-state index in [-0.39, 0.29) is 13.4 Å². The molecule has 0 saturated heterocycles. The second-order valence-electron chi connectivity index (χ2n) is 20.6. The van der Waals surface area contributed by atoms with Crippen LogP contribution in [0.5, 0.6) is 0 Å². The zero-order valence-corrected chi connectivity index (χ0v) is 41.2. The molecule has 0 atom stereocenters. The average Bonchev–Trinajstić information content (AvgIpc) is 4.20. The van der Waals surface area contributed by atoms with Crippen LogP contribution in [0.1, 0.15) is 0 Å². The summed E-state index contributed by atoms with van der Waals surface area (Å²) >= 11 is 3.92. The van der Waals surface area contributed by atoms with Crippen LogP contribution in [-0.4, -0.2) is 31.7 Å². The number of rotatable bonds is 2. The van der Waals surface area contributed by atoms with Gasteiger partial charge in [0.2, 0.25) is 13.4 Å². The van der Waals surface area contributed by atoms with Gasteiger partial charge in [-0.2, -0.15) is 0 Å². The molecule has 19 rings (SSSR count). The van der Waals surface area contributed by atoms with Crippen LogP contribution in [0.15, 0.2) is 238 Å². The van der Waals surface area contributed by atoms with Gasteiger partial charge in [0.05, 0.1) is 33.1 Å². The lowest BCUT2D eigenvalue weighted by molar-refractivity contribution is 1.17. The Morgan fingerprint density at radius 3 is 1.19 bits per heavy atom. The van der Waals surface area contributed by atoms with E-state index in [0.29, 0.717) is 0 Å². The summed E-state index contributed by atoms with van der Waals surface area (Å²) in [6.07, 6.45) is 0. The molecule has 0 bridgehead atoms. The van der Waals surface area contributed by atoms with Crippen LogP contribution in [0.25, 0.3) is 110 Å². The minimum Gasteiger partial charge on any atom is -0.310 e. The minimum atomic E-state index is 0.0689. The highest BCUT2D eigenvalue weighted by molar-refractivity contribution is 8.01. The largest absolute Gasteiger partial charge is 0.310 e. The van der Waals surface area contributed by atoms with Crippen LogP contribution in [0.4, 0.5) is 0 Å². The molecular formula is C66H36B2N4S2. The molecule has 0 amide bonds. The average molecular weight is 971 g/mol. The lowest BCUT2D eigenvalue weighted by Gasteiger charge is -2.36. The van der Waals surface area contributed by atoms with Gasteiger partial charge in [0.1, 0.15) is 0 Å². The lowest BCUT2D eigenvalue weighted by Crippen LogP contribution is -2.62. The van der Waals surface area contributed by atoms with Gasteiger partial charge in [0.15, 0.2) is 0 Å². The molecule has 11 aromatic carbocycles. The number of hydrogen-bond acceptors (Lipinski definition) is 2. The van der Waals surface area contributed by atoms with Crippen LogP contribution >= 0.6 is 23.5 Å². The third-order valence-corrected chi connectivity index (χ3v) is 19.5. The van der Waals surface area contributed by atoms with Crippen molar-refractivity contribution in [2.75, 3.05) is 0 Å². The maximum Gasteiger partial charge on any atom is 0.249 e. The zero-order valence-electron chi connectivity index (χ0n) is 39.5. The standard InChI is InChI=1S/C66H36B2N4S2/c1-3-15-37(16-4-1)69-49-25-9-7-19-39(49)41-31-33-51-59(65(41)69)43-21-11-23-45-63(43)71(51)53-27-13-29-55-61(53)67(45)47-35-48-58(36-57(47)73-55)74-56-30-14-28-54-62(56)68(48)46-24-12-22-44-60-52(72(54)64(44)46)34-32-42-40-20-8-10-26-50(40)70(66(42)60)38-17-5-2-6-18-38/h1-36H. The first kappa shape index (κ1) is 39.0. The summed E-state index contributed by atoms with van der Waals surface area (Å²) < 4.78 is 10.2. The number of hydrogen-bond donors (Lipinski definition) is 0. The fourth-order valence-corrected chi connectivity index (χ4v) is 17.0. The monoisotopic (exact) mass is 970 g/mol. The highest BCUT2D eigenvalue weighted by atomic mass is 32.2. The topological polar surface area (TPSA) is 19.7 Å². The SMILES string of the molecule is c1ccc(-n2c3ccccc3c3ccc4c(c5cccc6c5n4-c4cccc5c4B6c4cc6c(cc4S5)Sc4cccc5c4B6c4cccc6c7c(ccc8c9ccccc9n(-c9ccccc9)c87)n-5c46)c32)cc1. The van der Waals surface area contributed by atoms with E-state index in [1.807, 2.05) is 23.5 Å². The fraction of sp³-hybridized carbons (Fsp3) is 0. The van der Waals surface area contributed by atoms with Crippen molar-refractivity contribution in [3.05, 3.63) is 218 Å². The Kier molecular flexibility index (Phi) is 7.25. The Labute approximate surface area is 433 Å². The first-order valence-corrected chi connectivity index (χ1v) is 27.3. The third kappa shape index (κ3) is 4.62. The number of para-hydroxylation sites is 6. The van der Waals surface area contributed by atoms with Gasteiger partial charge in [-0.05, 0) is 101 Å². The van der Waals surface area contributed by atoms with Crippen LogP contribution in [0.2, 0.25) is 0 Å². The van der Waals surface area contributed by atoms with Crippen LogP contribution in [0.3, 0.4) is 0 Å².